The maximum atomic E-state index is 12.4. The Hall–Kier alpha value is -2.09. The summed E-state index contributed by atoms with van der Waals surface area (Å²) in [5, 5.41) is 9.38. The van der Waals surface area contributed by atoms with E-state index < -0.39 is 24.1 Å². The molecular weight excluding hydrogens is 301 g/mol. The van der Waals surface area contributed by atoms with Gasteiger partial charge in [0.25, 0.3) is 0 Å². The van der Waals surface area contributed by atoms with Crippen molar-refractivity contribution in [1.29, 1.82) is 0 Å². The monoisotopic (exact) mass is 316 g/mol. The van der Waals surface area contributed by atoms with Crippen molar-refractivity contribution in [2.45, 2.75) is 12.2 Å². The lowest BCUT2D eigenvalue weighted by atomic mass is 10.0. The van der Waals surface area contributed by atoms with Crippen molar-refractivity contribution in [3.63, 3.8) is 0 Å². The standard InChI is InChI=1S/C14H15F3N2O3/c15-14(16,17)13(22)19-8-6-18(7-9-19)11(12(20)21)10-4-2-1-3-5-10/h1-5,11H,6-9H2,(H,20,21). The van der Waals surface area contributed by atoms with Gasteiger partial charge in [0.1, 0.15) is 6.04 Å². The number of carbonyl (C=O) groups excluding carboxylic acids is 1. The van der Waals surface area contributed by atoms with Gasteiger partial charge >= 0.3 is 18.1 Å². The predicted octanol–water partition coefficient (Wildman–Crippen LogP) is 1.52. The molecule has 1 N–H and O–H groups in total. The van der Waals surface area contributed by atoms with Crippen LogP contribution in [0.1, 0.15) is 11.6 Å². The number of aliphatic carboxylic acids is 1. The average molecular weight is 316 g/mol. The van der Waals surface area contributed by atoms with Crippen LogP contribution in [-0.2, 0) is 9.59 Å². The minimum Gasteiger partial charge on any atom is -0.480 e. The topological polar surface area (TPSA) is 60.9 Å². The largest absolute Gasteiger partial charge is 0.480 e. The van der Waals surface area contributed by atoms with Crippen LogP contribution in [0.3, 0.4) is 0 Å². The molecule has 0 bridgehead atoms. The second-order valence-electron chi connectivity index (χ2n) is 4.98. The molecule has 1 aliphatic rings. The SMILES string of the molecule is O=C(O)C(c1ccccc1)N1CCN(C(=O)C(F)(F)F)CC1. The number of hydrogen-bond donors (Lipinski definition) is 1. The lowest BCUT2D eigenvalue weighted by molar-refractivity contribution is -0.187. The molecule has 0 radical (unpaired) electrons. The molecule has 1 saturated heterocycles. The van der Waals surface area contributed by atoms with Gasteiger partial charge in [0.05, 0.1) is 0 Å². The minimum absolute atomic E-state index is 0.0771. The number of hydrogen-bond acceptors (Lipinski definition) is 3. The third kappa shape index (κ3) is 3.56. The zero-order valence-corrected chi connectivity index (χ0v) is 11.6. The third-order valence-corrected chi connectivity index (χ3v) is 3.56. The predicted molar refractivity (Wildman–Crippen MR) is 71.0 cm³/mol. The van der Waals surface area contributed by atoms with E-state index in [9.17, 15) is 27.9 Å². The summed E-state index contributed by atoms with van der Waals surface area (Å²) < 4.78 is 37.2. The first-order valence-electron chi connectivity index (χ1n) is 6.68. The van der Waals surface area contributed by atoms with Gasteiger partial charge in [0.15, 0.2) is 0 Å². The number of halogens is 3. The molecule has 1 fully saturated rings. The van der Waals surface area contributed by atoms with Gasteiger partial charge < -0.3 is 10.0 Å². The maximum Gasteiger partial charge on any atom is 0.471 e. The van der Waals surface area contributed by atoms with Crippen LogP contribution in [0.5, 0.6) is 0 Å². The normalized spacial score (nSPS) is 18.0. The van der Waals surface area contributed by atoms with E-state index in [1.54, 1.807) is 35.2 Å². The highest BCUT2D eigenvalue weighted by molar-refractivity contribution is 5.82. The molecule has 1 aromatic carbocycles. The van der Waals surface area contributed by atoms with Crippen LogP contribution < -0.4 is 0 Å². The summed E-state index contributed by atoms with van der Waals surface area (Å²) in [6.07, 6.45) is -4.90. The number of amides is 1. The molecule has 1 aliphatic heterocycles. The van der Waals surface area contributed by atoms with Crippen LogP contribution in [-0.4, -0.2) is 59.1 Å². The average Bonchev–Trinajstić information content (AvgIpc) is 2.47. The van der Waals surface area contributed by atoms with Crippen LogP contribution in [0.25, 0.3) is 0 Å². The number of piperazine rings is 1. The van der Waals surface area contributed by atoms with Gasteiger partial charge in [0.2, 0.25) is 0 Å². The van der Waals surface area contributed by atoms with Gasteiger partial charge in [-0.25, -0.2) is 0 Å². The number of alkyl halides is 3. The number of nitrogens with zero attached hydrogens (tertiary/aromatic N) is 2. The molecule has 1 heterocycles. The fourth-order valence-corrected chi connectivity index (χ4v) is 2.51. The van der Waals surface area contributed by atoms with Crippen LogP contribution in [0.2, 0.25) is 0 Å². The van der Waals surface area contributed by atoms with Crippen molar-refractivity contribution >= 4 is 11.9 Å². The zero-order chi connectivity index (χ0) is 16.3. The Labute approximate surface area is 124 Å². The van der Waals surface area contributed by atoms with E-state index in [2.05, 4.69) is 0 Å². The Morgan fingerprint density at radius 2 is 1.59 bits per heavy atom. The molecule has 0 saturated carbocycles. The summed E-state index contributed by atoms with van der Waals surface area (Å²) in [6, 6.07) is 7.55. The van der Waals surface area contributed by atoms with Crippen molar-refractivity contribution in [3.8, 4) is 0 Å². The molecule has 22 heavy (non-hydrogen) atoms. The molecule has 5 nitrogen and oxygen atoms in total. The first-order chi connectivity index (χ1) is 10.3. The van der Waals surface area contributed by atoms with E-state index in [1.165, 1.54) is 0 Å². The molecule has 0 aliphatic carbocycles. The number of carboxylic acids is 1. The Bertz CT molecular complexity index is 540. The second-order valence-corrected chi connectivity index (χ2v) is 4.98. The van der Waals surface area contributed by atoms with Gasteiger partial charge in [-0.3, -0.25) is 14.5 Å². The Balaban J connectivity index is 2.06. The maximum absolute atomic E-state index is 12.4. The molecule has 1 aromatic rings. The quantitative estimate of drug-likeness (QED) is 0.918. The zero-order valence-electron chi connectivity index (χ0n) is 11.6. The number of carboxylic acid groups (broad SMARTS) is 1. The molecule has 1 amide bonds. The highest BCUT2D eigenvalue weighted by Crippen LogP contribution is 2.24. The van der Waals surface area contributed by atoms with Gasteiger partial charge in [-0.15, -0.1) is 0 Å². The van der Waals surface area contributed by atoms with E-state index in [-0.39, 0.29) is 26.2 Å². The van der Waals surface area contributed by atoms with Gasteiger partial charge in [0, 0.05) is 26.2 Å². The summed E-state index contributed by atoms with van der Waals surface area (Å²) >= 11 is 0. The summed E-state index contributed by atoms with van der Waals surface area (Å²) in [4.78, 5) is 24.9. The van der Waals surface area contributed by atoms with E-state index in [0.29, 0.717) is 10.5 Å². The van der Waals surface area contributed by atoms with Gasteiger partial charge in [-0.1, -0.05) is 30.3 Å². The van der Waals surface area contributed by atoms with Crippen LogP contribution in [0, 0.1) is 0 Å². The van der Waals surface area contributed by atoms with Gasteiger partial charge in [-0.05, 0) is 5.56 Å². The molecule has 8 heteroatoms. The first kappa shape index (κ1) is 16.3. The van der Waals surface area contributed by atoms with E-state index in [0.717, 1.165) is 0 Å². The highest BCUT2D eigenvalue weighted by atomic mass is 19.4. The van der Waals surface area contributed by atoms with E-state index in [4.69, 9.17) is 0 Å². The molecule has 1 unspecified atom stereocenters. The van der Waals surface area contributed by atoms with Crippen molar-refractivity contribution in [2.24, 2.45) is 0 Å². The summed E-state index contributed by atoms with van der Waals surface area (Å²) in [5.41, 5.74) is 0.561. The summed E-state index contributed by atoms with van der Waals surface area (Å²) in [5.74, 6) is -2.94. The van der Waals surface area contributed by atoms with Gasteiger partial charge in [-0.2, -0.15) is 13.2 Å². The Kier molecular flexibility index (Phi) is 4.70. The summed E-state index contributed by atoms with van der Waals surface area (Å²) in [6.45, 7) is -0.134. The van der Waals surface area contributed by atoms with Crippen molar-refractivity contribution in [3.05, 3.63) is 35.9 Å². The Morgan fingerprint density at radius 3 is 2.05 bits per heavy atom. The van der Waals surface area contributed by atoms with Crippen molar-refractivity contribution in [1.82, 2.24) is 9.80 Å². The third-order valence-electron chi connectivity index (χ3n) is 3.56. The van der Waals surface area contributed by atoms with Crippen molar-refractivity contribution < 1.29 is 27.9 Å². The fraction of sp³-hybridized carbons (Fsp3) is 0.429. The highest BCUT2D eigenvalue weighted by Gasteiger charge is 2.43. The molecule has 120 valence electrons. The first-order valence-corrected chi connectivity index (χ1v) is 6.68. The summed E-state index contributed by atoms with van der Waals surface area (Å²) in [7, 11) is 0. The molecule has 0 aromatic heterocycles. The van der Waals surface area contributed by atoms with Crippen LogP contribution in [0.15, 0.2) is 30.3 Å². The fourth-order valence-electron chi connectivity index (χ4n) is 2.51. The molecule has 0 spiro atoms. The molecular formula is C14H15F3N2O3. The Morgan fingerprint density at radius 1 is 1.05 bits per heavy atom. The van der Waals surface area contributed by atoms with E-state index >= 15 is 0 Å². The molecule has 1 atom stereocenters. The van der Waals surface area contributed by atoms with Crippen LogP contribution in [0.4, 0.5) is 13.2 Å². The lowest BCUT2D eigenvalue weighted by Gasteiger charge is -2.37. The lowest BCUT2D eigenvalue weighted by Crippen LogP contribution is -2.53. The van der Waals surface area contributed by atoms with Crippen molar-refractivity contribution in [2.75, 3.05) is 26.2 Å². The minimum atomic E-state index is -4.90. The van der Waals surface area contributed by atoms with Crippen LogP contribution >= 0.6 is 0 Å². The van der Waals surface area contributed by atoms with E-state index in [1.807, 2.05) is 0 Å². The number of rotatable bonds is 3. The molecule has 2 rings (SSSR count). The number of carbonyl (C=O) groups is 2. The second kappa shape index (κ2) is 6.35. The smallest absolute Gasteiger partial charge is 0.471 e. The number of benzene rings is 1.